The van der Waals surface area contributed by atoms with Gasteiger partial charge in [-0.05, 0) is 37.5 Å². The molecule has 3 unspecified atom stereocenters. The zero-order valence-corrected chi connectivity index (χ0v) is 15.9. The number of aliphatic carboxylic acids is 1. The third-order valence-corrected chi connectivity index (χ3v) is 5.29. The monoisotopic (exact) mass is 366 g/mol. The molecule has 148 valence electrons. The molecule has 0 saturated carbocycles. The SMILES string of the molecule is CCCCCC(O)C=CC1O[C@H]2CC(CO2)[C@@H]1CC=CCCCC(=O)O. The molecule has 2 N–H and O–H groups in total. The van der Waals surface area contributed by atoms with E-state index in [1.54, 1.807) is 0 Å². The molecule has 0 spiro atoms. The minimum absolute atomic E-state index is 0.0225. The molecule has 0 aromatic rings. The van der Waals surface area contributed by atoms with Gasteiger partial charge in [-0.2, -0.15) is 0 Å². The van der Waals surface area contributed by atoms with Crippen molar-refractivity contribution in [3.63, 3.8) is 0 Å². The van der Waals surface area contributed by atoms with Crippen LogP contribution in [-0.4, -0.2) is 41.3 Å². The maximum absolute atomic E-state index is 10.5. The second kappa shape index (κ2) is 11.5. The number of aliphatic hydroxyl groups is 1. The lowest BCUT2D eigenvalue weighted by molar-refractivity contribution is -0.147. The average molecular weight is 366 g/mol. The van der Waals surface area contributed by atoms with E-state index in [9.17, 15) is 9.90 Å². The lowest BCUT2D eigenvalue weighted by atomic mass is 9.81. The summed E-state index contributed by atoms with van der Waals surface area (Å²) in [6.45, 7) is 2.90. The molecule has 0 aromatic heterocycles. The first-order chi connectivity index (χ1) is 12.6. The van der Waals surface area contributed by atoms with Gasteiger partial charge in [-0.15, -0.1) is 0 Å². The smallest absolute Gasteiger partial charge is 0.303 e. The van der Waals surface area contributed by atoms with E-state index in [4.69, 9.17) is 14.6 Å². The summed E-state index contributed by atoms with van der Waals surface area (Å²) in [6, 6.07) is 0. The Morgan fingerprint density at radius 2 is 2.12 bits per heavy atom. The Kier molecular flexibility index (Phi) is 9.37. The molecule has 0 radical (unpaired) electrons. The summed E-state index contributed by atoms with van der Waals surface area (Å²) in [7, 11) is 0. The third-order valence-electron chi connectivity index (χ3n) is 5.29. The number of unbranched alkanes of at least 4 members (excludes halogenated alkanes) is 3. The number of ether oxygens (including phenoxy) is 2. The lowest BCUT2D eigenvalue weighted by Crippen LogP contribution is -2.35. The van der Waals surface area contributed by atoms with E-state index in [-0.39, 0.29) is 18.8 Å². The van der Waals surface area contributed by atoms with Gasteiger partial charge in [0.25, 0.3) is 0 Å². The van der Waals surface area contributed by atoms with Crippen LogP contribution in [0.5, 0.6) is 0 Å². The van der Waals surface area contributed by atoms with Crippen LogP contribution in [0.4, 0.5) is 0 Å². The Morgan fingerprint density at radius 3 is 2.88 bits per heavy atom. The third kappa shape index (κ3) is 7.22. The fourth-order valence-corrected chi connectivity index (χ4v) is 3.75. The molecule has 2 fully saturated rings. The first-order valence-electron chi connectivity index (χ1n) is 10.1. The lowest BCUT2D eigenvalue weighted by Gasteiger charge is -2.33. The summed E-state index contributed by atoms with van der Waals surface area (Å²) in [5, 5.41) is 18.8. The topological polar surface area (TPSA) is 76.0 Å². The molecule has 0 aromatic carbocycles. The van der Waals surface area contributed by atoms with Crippen LogP contribution in [0.3, 0.4) is 0 Å². The van der Waals surface area contributed by atoms with E-state index in [1.165, 1.54) is 0 Å². The number of carboxylic acid groups (broad SMARTS) is 1. The Bertz CT molecular complexity index is 473. The van der Waals surface area contributed by atoms with Crippen LogP contribution in [0.2, 0.25) is 0 Å². The largest absolute Gasteiger partial charge is 0.481 e. The maximum Gasteiger partial charge on any atom is 0.303 e. The first-order valence-corrected chi connectivity index (χ1v) is 10.1. The highest BCUT2D eigenvalue weighted by Gasteiger charge is 2.42. The van der Waals surface area contributed by atoms with Crippen molar-refractivity contribution in [3.05, 3.63) is 24.3 Å². The highest BCUT2D eigenvalue weighted by molar-refractivity contribution is 5.66. The molecule has 2 rings (SSSR count). The fourth-order valence-electron chi connectivity index (χ4n) is 3.75. The van der Waals surface area contributed by atoms with E-state index < -0.39 is 12.1 Å². The number of carbonyl (C=O) groups is 1. The van der Waals surface area contributed by atoms with Gasteiger partial charge in [0.05, 0.1) is 18.8 Å². The van der Waals surface area contributed by atoms with E-state index in [0.717, 1.165) is 51.6 Å². The van der Waals surface area contributed by atoms with Crippen molar-refractivity contribution in [2.24, 2.45) is 11.8 Å². The summed E-state index contributed by atoms with van der Waals surface area (Å²) in [6.07, 6.45) is 15.3. The standard InChI is InChI=1S/C21H34O5/c1-2-3-6-9-17(22)12-13-19-18(16-14-21(26-19)25-15-16)10-7-4-5-8-11-20(23)24/h4,7,12-13,16-19,21-22H,2-3,5-6,8-11,14-15H2,1H3,(H,23,24)/t16?,17?,18-,19?,21-/m0/s1. The zero-order valence-electron chi connectivity index (χ0n) is 15.9. The highest BCUT2D eigenvalue weighted by Crippen LogP contribution is 2.39. The van der Waals surface area contributed by atoms with Gasteiger partial charge >= 0.3 is 5.97 Å². The van der Waals surface area contributed by atoms with Gasteiger partial charge in [-0.3, -0.25) is 4.79 Å². The van der Waals surface area contributed by atoms with Crippen molar-refractivity contribution < 1.29 is 24.5 Å². The van der Waals surface area contributed by atoms with Gasteiger partial charge in [0, 0.05) is 12.8 Å². The molecule has 0 amide bonds. The summed E-state index contributed by atoms with van der Waals surface area (Å²) >= 11 is 0. The molecule has 2 saturated heterocycles. The van der Waals surface area contributed by atoms with Crippen LogP contribution < -0.4 is 0 Å². The minimum Gasteiger partial charge on any atom is -0.481 e. The zero-order chi connectivity index (χ0) is 18.8. The molecule has 26 heavy (non-hydrogen) atoms. The quantitative estimate of drug-likeness (QED) is 0.402. The summed E-state index contributed by atoms with van der Waals surface area (Å²) in [5.41, 5.74) is 0. The maximum atomic E-state index is 10.5. The molecular formula is C21H34O5. The number of aliphatic hydroxyl groups excluding tert-OH is 1. The normalized spacial score (nSPS) is 29.6. The number of hydrogen-bond donors (Lipinski definition) is 2. The fraction of sp³-hybridized carbons (Fsp3) is 0.762. The molecule has 0 aliphatic carbocycles. The van der Waals surface area contributed by atoms with Gasteiger partial charge in [0.1, 0.15) is 0 Å². The minimum atomic E-state index is -0.740. The Morgan fingerprint density at radius 1 is 1.27 bits per heavy atom. The van der Waals surface area contributed by atoms with Crippen molar-refractivity contribution in [2.75, 3.05) is 6.61 Å². The molecule has 2 heterocycles. The van der Waals surface area contributed by atoms with E-state index in [0.29, 0.717) is 18.3 Å². The van der Waals surface area contributed by atoms with Crippen LogP contribution >= 0.6 is 0 Å². The van der Waals surface area contributed by atoms with Crippen molar-refractivity contribution in [1.29, 1.82) is 0 Å². The number of hydrogen-bond acceptors (Lipinski definition) is 4. The Labute approximate surface area is 157 Å². The number of rotatable bonds is 12. The summed E-state index contributed by atoms with van der Waals surface area (Å²) in [5.74, 6) is 0.101. The summed E-state index contributed by atoms with van der Waals surface area (Å²) < 4.78 is 11.7. The molecular weight excluding hydrogens is 332 g/mol. The van der Waals surface area contributed by atoms with Crippen LogP contribution in [0.25, 0.3) is 0 Å². The first kappa shape index (κ1) is 21.1. The van der Waals surface area contributed by atoms with E-state index >= 15 is 0 Å². The number of carboxylic acids is 1. The number of allylic oxidation sites excluding steroid dienone is 2. The predicted molar refractivity (Wildman–Crippen MR) is 101 cm³/mol. The van der Waals surface area contributed by atoms with Gasteiger partial charge in [0.15, 0.2) is 6.29 Å². The van der Waals surface area contributed by atoms with E-state index in [2.05, 4.69) is 19.1 Å². The van der Waals surface area contributed by atoms with Gasteiger partial charge in [-0.1, -0.05) is 50.5 Å². The van der Waals surface area contributed by atoms with Crippen LogP contribution in [-0.2, 0) is 14.3 Å². The molecule has 2 bridgehead atoms. The van der Waals surface area contributed by atoms with Crippen LogP contribution in [0.1, 0.15) is 64.7 Å². The Balaban J connectivity index is 1.82. The van der Waals surface area contributed by atoms with Crippen molar-refractivity contribution in [1.82, 2.24) is 0 Å². The van der Waals surface area contributed by atoms with Crippen molar-refractivity contribution >= 4 is 5.97 Å². The van der Waals surface area contributed by atoms with Gasteiger partial charge < -0.3 is 19.7 Å². The molecule has 2 aliphatic heterocycles. The van der Waals surface area contributed by atoms with Crippen molar-refractivity contribution in [3.8, 4) is 0 Å². The number of fused-ring (bicyclic) bond motifs is 2. The van der Waals surface area contributed by atoms with Gasteiger partial charge in [0.2, 0.25) is 0 Å². The molecule has 5 atom stereocenters. The molecule has 2 aliphatic rings. The Hall–Kier alpha value is -1.17. The van der Waals surface area contributed by atoms with E-state index in [1.807, 2.05) is 12.2 Å². The van der Waals surface area contributed by atoms with Crippen LogP contribution in [0.15, 0.2) is 24.3 Å². The van der Waals surface area contributed by atoms with Crippen LogP contribution in [0, 0.1) is 11.8 Å². The van der Waals surface area contributed by atoms with Crippen molar-refractivity contribution in [2.45, 2.75) is 83.2 Å². The highest BCUT2D eigenvalue weighted by atomic mass is 16.7. The molecule has 5 heteroatoms. The molecule has 5 nitrogen and oxygen atoms in total. The summed E-state index contributed by atoms with van der Waals surface area (Å²) in [4.78, 5) is 10.5. The second-order valence-corrected chi connectivity index (χ2v) is 7.46. The van der Waals surface area contributed by atoms with Gasteiger partial charge in [-0.25, -0.2) is 0 Å². The second-order valence-electron chi connectivity index (χ2n) is 7.46. The average Bonchev–Trinajstić information content (AvgIpc) is 3.00. The predicted octanol–water partition coefficient (Wildman–Crippen LogP) is 4.06.